The summed E-state index contributed by atoms with van der Waals surface area (Å²) < 4.78 is 6.43. The zero-order chi connectivity index (χ0) is 12.1. The fourth-order valence-electron chi connectivity index (χ4n) is 1.35. The first-order valence-electron chi connectivity index (χ1n) is 5.34. The fraction of sp³-hybridized carbons (Fsp3) is 0.250. The Hall–Kier alpha value is -1.07. The van der Waals surface area contributed by atoms with E-state index in [1.165, 1.54) is 4.88 Å². The van der Waals surface area contributed by atoms with Gasteiger partial charge in [0.25, 0.3) is 0 Å². The smallest absolute Gasteiger partial charge is 0.213 e. The average Bonchev–Trinajstić information content (AvgIpc) is 2.75. The SMILES string of the molecule is CCOc1ccc(NCc2sccc2Br)cn1. The van der Waals surface area contributed by atoms with Crippen molar-refractivity contribution in [2.45, 2.75) is 13.5 Å². The largest absolute Gasteiger partial charge is 0.478 e. The van der Waals surface area contributed by atoms with Gasteiger partial charge in [0.15, 0.2) is 0 Å². The van der Waals surface area contributed by atoms with Crippen LogP contribution in [-0.4, -0.2) is 11.6 Å². The van der Waals surface area contributed by atoms with Gasteiger partial charge < -0.3 is 10.1 Å². The van der Waals surface area contributed by atoms with Crippen LogP contribution in [0.2, 0.25) is 0 Å². The number of nitrogens with one attached hydrogen (secondary N) is 1. The van der Waals surface area contributed by atoms with Crippen LogP contribution < -0.4 is 10.1 Å². The number of hydrogen-bond donors (Lipinski definition) is 1. The Morgan fingerprint density at radius 3 is 2.88 bits per heavy atom. The summed E-state index contributed by atoms with van der Waals surface area (Å²) in [6.07, 6.45) is 1.78. The first-order chi connectivity index (χ1) is 8.29. The summed E-state index contributed by atoms with van der Waals surface area (Å²) in [7, 11) is 0. The number of nitrogens with zero attached hydrogens (tertiary/aromatic N) is 1. The summed E-state index contributed by atoms with van der Waals surface area (Å²) >= 11 is 5.23. The number of halogens is 1. The standard InChI is InChI=1S/C12H13BrN2OS/c1-2-16-12-4-3-9(7-15-12)14-8-11-10(13)5-6-17-11/h3-7,14H,2,8H2,1H3. The van der Waals surface area contributed by atoms with Gasteiger partial charge in [-0.2, -0.15) is 0 Å². The second kappa shape index (κ2) is 6.02. The van der Waals surface area contributed by atoms with E-state index in [1.807, 2.05) is 19.1 Å². The maximum atomic E-state index is 5.29. The van der Waals surface area contributed by atoms with Gasteiger partial charge >= 0.3 is 0 Å². The highest BCUT2D eigenvalue weighted by Gasteiger charge is 2.01. The molecule has 2 heterocycles. The van der Waals surface area contributed by atoms with E-state index in [-0.39, 0.29) is 0 Å². The summed E-state index contributed by atoms with van der Waals surface area (Å²) in [5, 5.41) is 5.39. The Labute approximate surface area is 113 Å². The molecule has 2 aromatic rings. The average molecular weight is 313 g/mol. The third-order valence-corrected chi connectivity index (χ3v) is 4.10. The monoisotopic (exact) mass is 312 g/mol. The maximum absolute atomic E-state index is 5.29. The van der Waals surface area contributed by atoms with E-state index in [1.54, 1.807) is 17.5 Å². The van der Waals surface area contributed by atoms with E-state index in [2.05, 4.69) is 37.7 Å². The second-order valence-electron chi connectivity index (χ2n) is 3.36. The van der Waals surface area contributed by atoms with Crippen LogP contribution in [0.3, 0.4) is 0 Å². The molecule has 0 unspecified atom stereocenters. The summed E-state index contributed by atoms with van der Waals surface area (Å²) in [5.41, 5.74) is 0.994. The Balaban J connectivity index is 1.93. The summed E-state index contributed by atoms with van der Waals surface area (Å²) in [5.74, 6) is 0.662. The Bertz CT molecular complexity index is 470. The zero-order valence-corrected chi connectivity index (χ0v) is 11.8. The van der Waals surface area contributed by atoms with Crippen molar-refractivity contribution in [1.29, 1.82) is 0 Å². The molecule has 0 aliphatic carbocycles. The Morgan fingerprint density at radius 1 is 1.41 bits per heavy atom. The van der Waals surface area contributed by atoms with Crippen molar-refractivity contribution in [2.75, 3.05) is 11.9 Å². The third kappa shape index (κ3) is 3.44. The van der Waals surface area contributed by atoms with E-state index in [0.717, 1.165) is 16.7 Å². The molecule has 17 heavy (non-hydrogen) atoms. The van der Waals surface area contributed by atoms with Gasteiger partial charge in [-0.3, -0.25) is 0 Å². The summed E-state index contributed by atoms with van der Waals surface area (Å²) in [4.78, 5) is 5.47. The minimum atomic E-state index is 0.641. The number of anilines is 1. The van der Waals surface area contributed by atoms with Crippen LogP contribution in [0.4, 0.5) is 5.69 Å². The van der Waals surface area contributed by atoms with Gasteiger partial charge in [-0.05, 0) is 40.4 Å². The van der Waals surface area contributed by atoms with Gasteiger partial charge in [0.2, 0.25) is 5.88 Å². The van der Waals surface area contributed by atoms with Crippen LogP contribution in [0.25, 0.3) is 0 Å². The van der Waals surface area contributed by atoms with Crippen LogP contribution in [0.5, 0.6) is 5.88 Å². The van der Waals surface area contributed by atoms with Crippen LogP contribution in [-0.2, 0) is 6.54 Å². The molecule has 0 atom stereocenters. The highest BCUT2D eigenvalue weighted by Crippen LogP contribution is 2.23. The van der Waals surface area contributed by atoms with Crippen molar-refractivity contribution in [3.8, 4) is 5.88 Å². The molecule has 0 saturated carbocycles. The van der Waals surface area contributed by atoms with E-state index in [9.17, 15) is 0 Å². The molecule has 2 aromatic heterocycles. The maximum Gasteiger partial charge on any atom is 0.213 e. The lowest BCUT2D eigenvalue weighted by molar-refractivity contribution is 0.327. The number of aromatic nitrogens is 1. The van der Waals surface area contributed by atoms with Crippen LogP contribution in [0, 0.1) is 0 Å². The molecule has 0 spiro atoms. The number of rotatable bonds is 5. The molecule has 0 aromatic carbocycles. The highest BCUT2D eigenvalue weighted by molar-refractivity contribution is 9.10. The van der Waals surface area contributed by atoms with Gasteiger partial charge in [-0.25, -0.2) is 4.98 Å². The molecule has 0 amide bonds. The summed E-state index contributed by atoms with van der Waals surface area (Å²) in [6, 6.07) is 5.90. The number of pyridine rings is 1. The molecule has 90 valence electrons. The molecule has 1 N–H and O–H groups in total. The first kappa shape index (κ1) is 12.4. The number of hydrogen-bond acceptors (Lipinski definition) is 4. The lowest BCUT2D eigenvalue weighted by Gasteiger charge is -2.06. The van der Waals surface area contributed by atoms with Crippen molar-refractivity contribution in [3.63, 3.8) is 0 Å². The normalized spacial score (nSPS) is 10.2. The lowest BCUT2D eigenvalue weighted by atomic mass is 10.4. The highest BCUT2D eigenvalue weighted by atomic mass is 79.9. The predicted octanol–water partition coefficient (Wildman–Crippen LogP) is 3.92. The lowest BCUT2D eigenvalue weighted by Crippen LogP contribution is -1.99. The van der Waals surface area contributed by atoms with Gasteiger partial charge in [0, 0.05) is 15.4 Å². The molecule has 2 rings (SSSR count). The quantitative estimate of drug-likeness (QED) is 0.908. The molecule has 0 aliphatic rings. The Kier molecular flexibility index (Phi) is 4.39. The molecule has 0 saturated heterocycles. The third-order valence-electron chi connectivity index (χ3n) is 2.17. The van der Waals surface area contributed by atoms with Gasteiger partial charge in [0.1, 0.15) is 0 Å². The van der Waals surface area contributed by atoms with Crippen molar-refractivity contribution in [1.82, 2.24) is 4.98 Å². The van der Waals surface area contributed by atoms with Crippen molar-refractivity contribution in [3.05, 3.63) is 39.1 Å². The van der Waals surface area contributed by atoms with E-state index in [4.69, 9.17) is 4.74 Å². The number of ether oxygens (including phenoxy) is 1. The second-order valence-corrected chi connectivity index (χ2v) is 5.22. The van der Waals surface area contributed by atoms with Crippen LogP contribution in [0.15, 0.2) is 34.2 Å². The first-order valence-corrected chi connectivity index (χ1v) is 7.01. The molecule has 0 bridgehead atoms. The molecule has 0 aliphatic heterocycles. The molecular formula is C12H13BrN2OS. The van der Waals surface area contributed by atoms with Gasteiger partial charge in [-0.15, -0.1) is 11.3 Å². The van der Waals surface area contributed by atoms with Gasteiger partial charge in [-0.1, -0.05) is 0 Å². The molecule has 5 heteroatoms. The molecular weight excluding hydrogens is 300 g/mol. The van der Waals surface area contributed by atoms with Crippen molar-refractivity contribution in [2.24, 2.45) is 0 Å². The van der Waals surface area contributed by atoms with E-state index >= 15 is 0 Å². The minimum Gasteiger partial charge on any atom is -0.478 e. The van der Waals surface area contributed by atoms with Crippen LogP contribution >= 0.6 is 27.3 Å². The Morgan fingerprint density at radius 2 is 2.29 bits per heavy atom. The predicted molar refractivity (Wildman–Crippen MR) is 74.8 cm³/mol. The molecule has 3 nitrogen and oxygen atoms in total. The zero-order valence-electron chi connectivity index (χ0n) is 9.44. The van der Waals surface area contributed by atoms with Crippen LogP contribution in [0.1, 0.15) is 11.8 Å². The number of thiophene rings is 1. The summed E-state index contributed by atoms with van der Waals surface area (Å²) in [6.45, 7) is 3.39. The van der Waals surface area contributed by atoms with Crippen molar-refractivity contribution < 1.29 is 4.74 Å². The van der Waals surface area contributed by atoms with E-state index in [0.29, 0.717) is 12.5 Å². The molecule has 0 radical (unpaired) electrons. The molecule has 0 fully saturated rings. The van der Waals surface area contributed by atoms with Crippen molar-refractivity contribution >= 4 is 33.0 Å². The minimum absolute atomic E-state index is 0.641. The fourth-order valence-corrected chi connectivity index (χ4v) is 2.78. The topological polar surface area (TPSA) is 34.1 Å². The van der Waals surface area contributed by atoms with Gasteiger partial charge in [0.05, 0.1) is 25.0 Å². The van der Waals surface area contributed by atoms with E-state index < -0.39 is 0 Å².